The van der Waals surface area contributed by atoms with Crippen LogP contribution >= 0.6 is 24.0 Å². The van der Waals surface area contributed by atoms with Crippen LogP contribution in [0.4, 0.5) is 0 Å². The fraction of sp³-hybridized carbons (Fsp3) is 0.944. The van der Waals surface area contributed by atoms with Crippen molar-refractivity contribution >= 4 is 29.9 Å². The third-order valence-electron chi connectivity index (χ3n) is 5.93. The van der Waals surface area contributed by atoms with E-state index in [0.29, 0.717) is 6.04 Å². The van der Waals surface area contributed by atoms with Crippen molar-refractivity contribution in [3.05, 3.63) is 0 Å². The van der Waals surface area contributed by atoms with Crippen LogP contribution in [-0.2, 0) is 0 Å². The van der Waals surface area contributed by atoms with E-state index in [0.717, 1.165) is 57.9 Å². The molecule has 0 bridgehead atoms. The highest BCUT2D eigenvalue weighted by Gasteiger charge is 2.36. The molecule has 0 aromatic carbocycles. The molecule has 1 aliphatic heterocycles. The molecule has 3 atom stereocenters. The Labute approximate surface area is 165 Å². The number of guanidine groups is 1. The van der Waals surface area contributed by atoms with E-state index >= 15 is 0 Å². The summed E-state index contributed by atoms with van der Waals surface area (Å²) in [6.07, 6.45) is 5.43. The molecule has 2 rings (SSSR count). The summed E-state index contributed by atoms with van der Waals surface area (Å²) in [6.45, 7) is 11.9. The molecule has 3 unspecified atom stereocenters. The number of nitrogens with one attached hydrogen (secondary N) is 1. The minimum Gasteiger partial charge on any atom is -0.392 e. The van der Waals surface area contributed by atoms with Crippen molar-refractivity contribution in [2.24, 2.45) is 10.4 Å². The summed E-state index contributed by atoms with van der Waals surface area (Å²) in [5.41, 5.74) is -0.0216. The molecule has 0 aromatic rings. The van der Waals surface area contributed by atoms with Crippen molar-refractivity contribution in [2.75, 3.05) is 39.8 Å². The van der Waals surface area contributed by atoms with E-state index < -0.39 is 0 Å². The molecule has 142 valence electrons. The highest BCUT2D eigenvalue weighted by Crippen LogP contribution is 2.35. The Kier molecular flexibility index (Phi) is 9.30. The molecule has 1 heterocycles. The van der Waals surface area contributed by atoms with Gasteiger partial charge in [0, 0.05) is 38.1 Å². The number of likely N-dealkylation sites (N-methyl/N-ethyl adjacent to an activating group) is 1. The van der Waals surface area contributed by atoms with Gasteiger partial charge in [-0.05, 0) is 32.4 Å². The normalized spacial score (nSPS) is 31.2. The zero-order valence-electron chi connectivity index (χ0n) is 15.9. The molecule has 0 amide bonds. The van der Waals surface area contributed by atoms with E-state index in [4.69, 9.17) is 0 Å². The number of aliphatic hydroxyl groups is 1. The van der Waals surface area contributed by atoms with Gasteiger partial charge in [-0.25, -0.2) is 0 Å². The number of rotatable bonds is 5. The highest BCUT2D eigenvalue weighted by molar-refractivity contribution is 14.0. The van der Waals surface area contributed by atoms with Crippen LogP contribution in [-0.4, -0.2) is 72.8 Å². The second-order valence-electron chi connectivity index (χ2n) is 7.43. The van der Waals surface area contributed by atoms with E-state index in [1.54, 1.807) is 0 Å². The Balaban J connectivity index is 0.00000288. The third kappa shape index (κ3) is 5.21. The summed E-state index contributed by atoms with van der Waals surface area (Å²) in [5, 5.41) is 13.9. The van der Waals surface area contributed by atoms with Gasteiger partial charge in [0.05, 0.1) is 6.10 Å². The van der Waals surface area contributed by atoms with Crippen molar-refractivity contribution in [3.8, 4) is 0 Å². The zero-order valence-corrected chi connectivity index (χ0v) is 18.3. The number of aliphatic hydroxyl groups excluding tert-OH is 1. The van der Waals surface area contributed by atoms with Crippen LogP contribution in [0.3, 0.4) is 0 Å². The fourth-order valence-corrected chi connectivity index (χ4v) is 4.17. The summed E-state index contributed by atoms with van der Waals surface area (Å²) in [4.78, 5) is 9.41. The minimum absolute atomic E-state index is 0. The lowest BCUT2D eigenvalue weighted by molar-refractivity contribution is 0.00369. The van der Waals surface area contributed by atoms with Crippen molar-refractivity contribution in [2.45, 2.75) is 65.0 Å². The molecule has 1 aliphatic carbocycles. The predicted octanol–water partition coefficient (Wildman–Crippen LogP) is 2.54. The SMILES string of the molecule is CCN(CC)C1CCN(C(=NC)NCC2(C)CCCCC2O)C1.I. The van der Waals surface area contributed by atoms with Gasteiger partial charge in [-0.2, -0.15) is 0 Å². The fourth-order valence-electron chi connectivity index (χ4n) is 4.17. The Morgan fingerprint density at radius 3 is 2.58 bits per heavy atom. The molecular weight excluding hydrogens is 415 g/mol. The highest BCUT2D eigenvalue weighted by atomic mass is 127. The monoisotopic (exact) mass is 452 g/mol. The Morgan fingerprint density at radius 2 is 2.00 bits per heavy atom. The first-order valence-electron chi connectivity index (χ1n) is 9.41. The van der Waals surface area contributed by atoms with Gasteiger partial charge in [0.15, 0.2) is 5.96 Å². The number of aliphatic imine (C=N–C) groups is 1. The lowest BCUT2D eigenvalue weighted by Gasteiger charge is -2.39. The average molecular weight is 452 g/mol. The second kappa shape index (κ2) is 10.2. The maximum atomic E-state index is 10.4. The summed E-state index contributed by atoms with van der Waals surface area (Å²) < 4.78 is 0. The van der Waals surface area contributed by atoms with Crippen LogP contribution in [0, 0.1) is 5.41 Å². The standard InChI is InChI=1S/C18H36N4O.HI/c1-5-21(6-2)15-10-12-22(13-15)17(19-4)20-14-18(3)11-8-7-9-16(18)23;/h15-16,23H,5-14H2,1-4H3,(H,19,20);1H. The number of halogens is 1. The Morgan fingerprint density at radius 1 is 1.29 bits per heavy atom. The molecule has 0 spiro atoms. The lowest BCUT2D eigenvalue weighted by Crippen LogP contribution is -2.49. The van der Waals surface area contributed by atoms with Crippen LogP contribution in [0.5, 0.6) is 0 Å². The van der Waals surface area contributed by atoms with Gasteiger partial charge in [-0.3, -0.25) is 9.89 Å². The molecule has 0 radical (unpaired) electrons. The van der Waals surface area contributed by atoms with Gasteiger partial charge in [0.25, 0.3) is 0 Å². The van der Waals surface area contributed by atoms with Crippen molar-refractivity contribution in [3.63, 3.8) is 0 Å². The van der Waals surface area contributed by atoms with Crippen molar-refractivity contribution in [1.82, 2.24) is 15.1 Å². The van der Waals surface area contributed by atoms with E-state index in [1.165, 1.54) is 12.8 Å². The van der Waals surface area contributed by atoms with Gasteiger partial charge < -0.3 is 15.3 Å². The van der Waals surface area contributed by atoms with Crippen LogP contribution < -0.4 is 5.32 Å². The average Bonchev–Trinajstić information content (AvgIpc) is 3.02. The number of hydrogen-bond acceptors (Lipinski definition) is 3. The van der Waals surface area contributed by atoms with Crippen LogP contribution in [0.15, 0.2) is 4.99 Å². The first kappa shape index (κ1) is 22.0. The van der Waals surface area contributed by atoms with E-state index in [-0.39, 0.29) is 35.5 Å². The maximum Gasteiger partial charge on any atom is 0.193 e. The van der Waals surface area contributed by atoms with Crippen LogP contribution in [0.1, 0.15) is 52.9 Å². The molecule has 2 N–H and O–H groups in total. The largest absolute Gasteiger partial charge is 0.392 e. The van der Waals surface area contributed by atoms with Gasteiger partial charge >= 0.3 is 0 Å². The van der Waals surface area contributed by atoms with Crippen LogP contribution in [0.25, 0.3) is 0 Å². The lowest BCUT2D eigenvalue weighted by atomic mass is 9.73. The van der Waals surface area contributed by atoms with Gasteiger partial charge in [0.1, 0.15) is 0 Å². The smallest absolute Gasteiger partial charge is 0.193 e. The predicted molar refractivity (Wildman–Crippen MR) is 112 cm³/mol. The molecule has 5 nitrogen and oxygen atoms in total. The molecular formula is C18H37IN4O. The molecule has 24 heavy (non-hydrogen) atoms. The number of hydrogen-bond donors (Lipinski definition) is 2. The van der Waals surface area contributed by atoms with E-state index in [1.807, 2.05) is 7.05 Å². The van der Waals surface area contributed by atoms with Crippen LogP contribution in [0.2, 0.25) is 0 Å². The summed E-state index contributed by atoms with van der Waals surface area (Å²) in [6, 6.07) is 0.638. The third-order valence-corrected chi connectivity index (χ3v) is 5.93. The molecule has 0 aromatic heterocycles. The maximum absolute atomic E-state index is 10.4. The number of nitrogens with zero attached hydrogens (tertiary/aromatic N) is 3. The quantitative estimate of drug-likeness (QED) is 0.383. The summed E-state index contributed by atoms with van der Waals surface area (Å²) in [5.74, 6) is 0.999. The Bertz CT molecular complexity index is 402. The minimum atomic E-state index is -0.191. The summed E-state index contributed by atoms with van der Waals surface area (Å²) in [7, 11) is 1.87. The van der Waals surface area contributed by atoms with Gasteiger partial charge in [0.2, 0.25) is 0 Å². The van der Waals surface area contributed by atoms with Gasteiger partial charge in [-0.1, -0.05) is 33.6 Å². The molecule has 6 heteroatoms. The first-order valence-corrected chi connectivity index (χ1v) is 9.41. The first-order chi connectivity index (χ1) is 11.0. The topological polar surface area (TPSA) is 51.1 Å². The molecule has 1 saturated heterocycles. The summed E-state index contributed by atoms with van der Waals surface area (Å²) >= 11 is 0. The van der Waals surface area contributed by atoms with E-state index in [2.05, 4.69) is 40.9 Å². The second-order valence-corrected chi connectivity index (χ2v) is 7.43. The molecule has 2 aliphatic rings. The van der Waals surface area contributed by atoms with E-state index in [9.17, 15) is 5.11 Å². The van der Waals surface area contributed by atoms with Gasteiger partial charge in [-0.15, -0.1) is 24.0 Å². The zero-order chi connectivity index (χ0) is 16.9. The molecule has 2 fully saturated rings. The van der Waals surface area contributed by atoms with Crippen molar-refractivity contribution < 1.29 is 5.11 Å². The molecule has 1 saturated carbocycles. The Hall–Kier alpha value is -0.0800. The van der Waals surface area contributed by atoms with Crippen molar-refractivity contribution in [1.29, 1.82) is 0 Å². The number of likely N-dealkylation sites (tertiary alicyclic amines) is 1.